The Labute approximate surface area is 138 Å². The van der Waals surface area contributed by atoms with Gasteiger partial charge in [-0.2, -0.15) is 0 Å². The van der Waals surface area contributed by atoms with Crippen molar-refractivity contribution in [2.45, 2.75) is 64.8 Å². The molecular weight excluding hydrogens is 290 g/mol. The third-order valence-corrected chi connectivity index (χ3v) is 4.66. The summed E-state index contributed by atoms with van der Waals surface area (Å²) in [7, 11) is 0. The minimum atomic E-state index is -0.871. The minimum Gasteiger partial charge on any atom is -0.478 e. The van der Waals surface area contributed by atoms with Gasteiger partial charge in [0, 0.05) is 13.1 Å². The third kappa shape index (κ3) is 3.52. The first-order valence-corrected chi connectivity index (χ1v) is 8.61. The van der Waals surface area contributed by atoms with Gasteiger partial charge >= 0.3 is 0 Å². The fraction of sp³-hybridized carbons (Fsp3) is 0.632. The third-order valence-electron chi connectivity index (χ3n) is 4.66. The molecule has 1 heterocycles. The van der Waals surface area contributed by atoms with Gasteiger partial charge in [0.15, 0.2) is 5.60 Å². The van der Waals surface area contributed by atoms with Gasteiger partial charge in [-0.1, -0.05) is 6.07 Å². The number of hydrogen-bond acceptors (Lipinski definition) is 3. The van der Waals surface area contributed by atoms with Crippen molar-refractivity contribution in [1.29, 1.82) is 0 Å². The lowest BCUT2D eigenvalue weighted by Gasteiger charge is -2.39. The van der Waals surface area contributed by atoms with Crippen molar-refractivity contribution in [2.75, 3.05) is 13.1 Å². The normalized spacial score (nSPS) is 24.4. The molecule has 1 saturated heterocycles. The molecule has 126 valence electrons. The zero-order valence-corrected chi connectivity index (χ0v) is 14.6. The van der Waals surface area contributed by atoms with Crippen LogP contribution in [-0.2, 0) is 22.4 Å². The van der Waals surface area contributed by atoms with E-state index in [9.17, 15) is 4.79 Å². The number of amides is 1. The summed E-state index contributed by atoms with van der Waals surface area (Å²) in [5.74, 6) is 0.818. The summed E-state index contributed by atoms with van der Waals surface area (Å²) in [5, 5.41) is 0. The first-order chi connectivity index (χ1) is 10.8. The van der Waals surface area contributed by atoms with Gasteiger partial charge < -0.3 is 14.4 Å². The number of carbonyl (C=O) groups is 1. The number of ether oxygens (including phenoxy) is 2. The number of benzene rings is 1. The molecule has 2 aliphatic rings. The second kappa shape index (κ2) is 6.16. The molecule has 0 unspecified atom stereocenters. The zero-order valence-electron chi connectivity index (χ0n) is 14.6. The first-order valence-electron chi connectivity index (χ1n) is 8.61. The molecule has 0 bridgehead atoms. The van der Waals surface area contributed by atoms with E-state index in [1.807, 2.05) is 38.7 Å². The van der Waals surface area contributed by atoms with Gasteiger partial charge in [0.1, 0.15) is 5.75 Å². The van der Waals surface area contributed by atoms with Crippen molar-refractivity contribution >= 4 is 5.91 Å². The van der Waals surface area contributed by atoms with Crippen molar-refractivity contribution in [3.8, 4) is 5.75 Å². The molecular formula is C19H27NO3. The van der Waals surface area contributed by atoms with Gasteiger partial charge in [0.2, 0.25) is 0 Å². The lowest BCUT2D eigenvalue weighted by Crippen LogP contribution is -2.55. The number of rotatable bonds is 3. The van der Waals surface area contributed by atoms with Crippen LogP contribution in [0.25, 0.3) is 0 Å². The summed E-state index contributed by atoms with van der Waals surface area (Å²) in [4.78, 5) is 14.8. The Hall–Kier alpha value is -1.55. The van der Waals surface area contributed by atoms with Gasteiger partial charge in [0.25, 0.3) is 5.91 Å². The van der Waals surface area contributed by atoms with Crippen molar-refractivity contribution < 1.29 is 14.3 Å². The summed E-state index contributed by atoms with van der Waals surface area (Å²) < 4.78 is 11.8. The molecule has 1 aliphatic heterocycles. The van der Waals surface area contributed by atoms with E-state index >= 15 is 0 Å². The van der Waals surface area contributed by atoms with E-state index in [4.69, 9.17) is 9.47 Å². The number of morpholine rings is 1. The van der Waals surface area contributed by atoms with Crippen LogP contribution >= 0.6 is 0 Å². The largest absolute Gasteiger partial charge is 0.478 e. The topological polar surface area (TPSA) is 38.8 Å². The summed E-state index contributed by atoms with van der Waals surface area (Å²) in [6.07, 6.45) is 3.61. The molecule has 4 heteroatoms. The second-order valence-electron chi connectivity index (χ2n) is 7.36. The number of fused-ring (bicyclic) bond motifs is 1. The Kier molecular flexibility index (Phi) is 4.37. The van der Waals surface area contributed by atoms with Crippen LogP contribution in [0.15, 0.2) is 18.2 Å². The maximum Gasteiger partial charge on any atom is 0.266 e. The van der Waals surface area contributed by atoms with Crippen LogP contribution in [0.5, 0.6) is 5.75 Å². The molecule has 1 aliphatic carbocycles. The standard InChI is InChI=1S/C19H27NO3/c1-13-11-20(12-14(2)22-13)18(21)19(3,4)23-17-9-8-15-6-5-7-16(15)10-17/h8-10,13-14H,5-7,11-12H2,1-4H3/t13-,14-/m1/s1. The van der Waals surface area contributed by atoms with Gasteiger partial charge in [-0.05, 0) is 70.2 Å². The van der Waals surface area contributed by atoms with Gasteiger partial charge in [-0.15, -0.1) is 0 Å². The molecule has 0 radical (unpaired) electrons. The molecule has 2 atom stereocenters. The van der Waals surface area contributed by atoms with Crippen LogP contribution in [-0.4, -0.2) is 41.7 Å². The van der Waals surface area contributed by atoms with Crippen LogP contribution in [0, 0.1) is 0 Å². The molecule has 0 spiro atoms. The predicted octanol–water partition coefficient (Wildman–Crippen LogP) is 2.97. The highest BCUT2D eigenvalue weighted by Crippen LogP contribution is 2.29. The molecule has 23 heavy (non-hydrogen) atoms. The number of hydrogen-bond donors (Lipinski definition) is 0. The van der Waals surface area contributed by atoms with E-state index in [0.717, 1.165) is 18.6 Å². The van der Waals surface area contributed by atoms with Crippen molar-refractivity contribution in [3.05, 3.63) is 29.3 Å². The average molecular weight is 317 g/mol. The predicted molar refractivity (Wildman–Crippen MR) is 89.8 cm³/mol. The Morgan fingerprint density at radius 1 is 1.17 bits per heavy atom. The van der Waals surface area contributed by atoms with Crippen LogP contribution < -0.4 is 4.74 Å². The SMILES string of the molecule is C[C@@H]1CN(C(=O)C(C)(C)Oc2ccc3c(c2)CCC3)C[C@@H](C)O1. The molecule has 1 fully saturated rings. The fourth-order valence-corrected chi connectivity index (χ4v) is 3.67. The first kappa shape index (κ1) is 16.3. The van der Waals surface area contributed by atoms with E-state index < -0.39 is 5.60 Å². The Bertz CT molecular complexity index is 586. The van der Waals surface area contributed by atoms with Crippen LogP contribution in [0.2, 0.25) is 0 Å². The van der Waals surface area contributed by atoms with E-state index in [0.29, 0.717) is 13.1 Å². The number of carbonyl (C=O) groups excluding carboxylic acids is 1. The maximum atomic E-state index is 12.9. The van der Waals surface area contributed by atoms with Crippen LogP contribution in [0.4, 0.5) is 0 Å². The molecule has 0 saturated carbocycles. The van der Waals surface area contributed by atoms with E-state index in [1.54, 1.807) is 0 Å². The maximum absolute atomic E-state index is 12.9. The smallest absolute Gasteiger partial charge is 0.266 e. The van der Waals surface area contributed by atoms with Crippen molar-refractivity contribution in [2.24, 2.45) is 0 Å². The lowest BCUT2D eigenvalue weighted by atomic mass is 10.1. The molecule has 0 N–H and O–H groups in total. The van der Waals surface area contributed by atoms with Crippen LogP contribution in [0.1, 0.15) is 45.2 Å². The number of aryl methyl sites for hydroxylation is 2. The summed E-state index contributed by atoms with van der Waals surface area (Å²) in [6, 6.07) is 6.22. The summed E-state index contributed by atoms with van der Waals surface area (Å²) in [5.41, 5.74) is 1.90. The minimum absolute atomic E-state index is 0.0278. The fourth-order valence-electron chi connectivity index (χ4n) is 3.67. The molecule has 0 aromatic heterocycles. The monoisotopic (exact) mass is 317 g/mol. The van der Waals surface area contributed by atoms with Crippen molar-refractivity contribution in [1.82, 2.24) is 4.90 Å². The zero-order chi connectivity index (χ0) is 16.6. The lowest BCUT2D eigenvalue weighted by molar-refractivity contribution is -0.156. The Balaban J connectivity index is 1.71. The van der Waals surface area contributed by atoms with E-state index in [2.05, 4.69) is 12.1 Å². The van der Waals surface area contributed by atoms with Gasteiger partial charge in [-0.3, -0.25) is 4.79 Å². The highest BCUT2D eigenvalue weighted by atomic mass is 16.5. The molecule has 3 rings (SSSR count). The molecule has 4 nitrogen and oxygen atoms in total. The second-order valence-corrected chi connectivity index (χ2v) is 7.36. The van der Waals surface area contributed by atoms with Gasteiger partial charge in [0.05, 0.1) is 12.2 Å². The summed E-state index contributed by atoms with van der Waals surface area (Å²) in [6.45, 7) is 8.97. The quantitative estimate of drug-likeness (QED) is 0.860. The number of nitrogens with zero attached hydrogens (tertiary/aromatic N) is 1. The van der Waals surface area contributed by atoms with Crippen LogP contribution in [0.3, 0.4) is 0 Å². The Morgan fingerprint density at radius 3 is 2.52 bits per heavy atom. The molecule has 1 aromatic carbocycles. The molecule has 1 amide bonds. The van der Waals surface area contributed by atoms with Gasteiger partial charge in [-0.25, -0.2) is 0 Å². The van der Waals surface area contributed by atoms with Crippen molar-refractivity contribution in [3.63, 3.8) is 0 Å². The molecule has 1 aromatic rings. The van der Waals surface area contributed by atoms with E-state index in [-0.39, 0.29) is 18.1 Å². The Morgan fingerprint density at radius 2 is 1.83 bits per heavy atom. The highest BCUT2D eigenvalue weighted by Gasteiger charge is 2.37. The summed E-state index contributed by atoms with van der Waals surface area (Å²) >= 11 is 0. The average Bonchev–Trinajstić information content (AvgIpc) is 2.92. The van der Waals surface area contributed by atoms with E-state index in [1.165, 1.54) is 17.5 Å². The highest BCUT2D eigenvalue weighted by molar-refractivity contribution is 5.85.